The van der Waals surface area contributed by atoms with E-state index in [1.165, 1.54) is 81.5 Å². The molecule has 0 bridgehead atoms. The normalized spacial score (nSPS) is 23.0. The van der Waals surface area contributed by atoms with Crippen molar-refractivity contribution >= 4 is 26.7 Å². The molecule has 0 N–H and O–H groups in total. The second kappa shape index (κ2) is 14.8. The van der Waals surface area contributed by atoms with Gasteiger partial charge in [-0.1, -0.05) is 0 Å². The number of hydrogen-bond donors (Lipinski definition) is 0. The Bertz CT molecular complexity index is 448. The molecule has 0 heterocycles. The second-order valence-electron chi connectivity index (χ2n) is 11.3. The topological polar surface area (TPSA) is 9.23 Å². The summed E-state index contributed by atoms with van der Waals surface area (Å²) in [5.41, 5.74) is 0.0670. The van der Waals surface area contributed by atoms with Gasteiger partial charge in [0.2, 0.25) is 0 Å². The van der Waals surface area contributed by atoms with E-state index in [0.29, 0.717) is 0 Å². The molecule has 0 spiro atoms. The summed E-state index contributed by atoms with van der Waals surface area (Å²) in [5, 5.41) is 0. The van der Waals surface area contributed by atoms with Crippen LogP contribution in [-0.4, -0.2) is 32.3 Å². The van der Waals surface area contributed by atoms with E-state index in [-0.39, 0.29) is 5.60 Å². The molecule has 0 radical (unpaired) electrons. The van der Waals surface area contributed by atoms with Crippen LogP contribution in [0, 0.1) is 5.92 Å². The van der Waals surface area contributed by atoms with Crippen LogP contribution in [0.15, 0.2) is 12.2 Å². The SMILES string of the molecule is CCCCC1CCCC1(/C=C/[CH2][Sn]([CH2]CCC)([CH2]CCC)[CH2]CCC)O[Si](C)(C)C. The minimum atomic E-state index is -2.08. The molecule has 0 amide bonds. The van der Waals surface area contributed by atoms with Crippen molar-refractivity contribution in [2.45, 2.75) is 148 Å². The Labute approximate surface area is 196 Å². The van der Waals surface area contributed by atoms with E-state index in [1.807, 2.05) is 0 Å². The number of rotatable bonds is 17. The summed E-state index contributed by atoms with van der Waals surface area (Å²) in [5.74, 6) is 0.756. The standard InChI is InChI=1S/C15H29OSi.3C4H9.Sn/c1-6-8-10-14-11-9-13-15(14,12-7-2)16-17(3,4)5;3*1-3-4-2;/h7,12,14H,2,6,8-11,13H2,1,3-5H3;3*1,3-4H2,2H3;/b12-7+;;;;. The van der Waals surface area contributed by atoms with Crippen LogP contribution in [0.2, 0.25) is 37.4 Å². The molecule has 1 saturated carbocycles. The van der Waals surface area contributed by atoms with E-state index in [0.717, 1.165) is 5.92 Å². The van der Waals surface area contributed by atoms with Crippen molar-refractivity contribution in [2.24, 2.45) is 5.92 Å². The summed E-state index contributed by atoms with van der Waals surface area (Å²) >= 11 is -2.08. The van der Waals surface area contributed by atoms with Crippen LogP contribution in [0.4, 0.5) is 0 Å². The molecule has 0 aromatic carbocycles. The van der Waals surface area contributed by atoms with Gasteiger partial charge in [-0.25, -0.2) is 0 Å². The van der Waals surface area contributed by atoms with Crippen molar-refractivity contribution in [3.63, 3.8) is 0 Å². The molecular formula is C27H56OSiSn. The zero-order chi connectivity index (χ0) is 22.5. The Morgan fingerprint density at radius 3 is 1.87 bits per heavy atom. The number of allylic oxidation sites excluding steroid dienone is 1. The Hall–Kier alpha value is 0.716. The third kappa shape index (κ3) is 10.1. The molecule has 1 aliphatic rings. The van der Waals surface area contributed by atoms with Gasteiger partial charge < -0.3 is 0 Å². The molecule has 0 saturated heterocycles. The molecule has 1 rings (SSSR count). The third-order valence-corrected chi connectivity index (χ3v) is 23.6. The van der Waals surface area contributed by atoms with Crippen LogP contribution in [0.3, 0.4) is 0 Å². The van der Waals surface area contributed by atoms with E-state index >= 15 is 0 Å². The molecule has 178 valence electrons. The van der Waals surface area contributed by atoms with E-state index < -0.39 is 26.7 Å². The molecule has 0 aliphatic heterocycles. The van der Waals surface area contributed by atoms with Crippen molar-refractivity contribution in [3.8, 4) is 0 Å². The molecule has 2 unspecified atom stereocenters. The first-order valence-corrected chi connectivity index (χ1v) is 25.1. The Kier molecular flexibility index (Phi) is 14.2. The van der Waals surface area contributed by atoms with Gasteiger partial charge in [-0.3, -0.25) is 0 Å². The molecule has 2 atom stereocenters. The van der Waals surface area contributed by atoms with Crippen LogP contribution < -0.4 is 0 Å². The maximum absolute atomic E-state index is 7.03. The third-order valence-electron chi connectivity index (χ3n) is 7.35. The number of unbranched alkanes of at least 4 members (excludes halogenated alkanes) is 4. The first-order chi connectivity index (χ1) is 14.3. The number of hydrogen-bond acceptors (Lipinski definition) is 1. The summed E-state index contributed by atoms with van der Waals surface area (Å²) in [4.78, 5) is 0. The predicted molar refractivity (Wildman–Crippen MR) is 143 cm³/mol. The first kappa shape index (κ1) is 28.7. The zero-order valence-corrected chi connectivity index (χ0v) is 25.8. The van der Waals surface area contributed by atoms with Gasteiger partial charge in [-0.2, -0.15) is 0 Å². The van der Waals surface area contributed by atoms with Gasteiger partial charge in [-0.15, -0.1) is 0 Å². The van der Waals surface area contributed by atoms with Crippen molar-refractivity contribution in [2.75, 3.05) is 0 Å². The quantitative estimate of drug-likeness (QED) is 0.131. The zero-order valence-electron chi connectivity index (χ0n) is 22.0. The Balaban J connectivity index is 3.06. The summed E-state index contributed by atoms with van der Waals surface area (Å²) in [6.07, 6.45) is 22.0. The van der Waals surface area contributed by atoms with Gasteiger partial charge >= 0.3 is 197 Å². The Morgan fingerprint density at radius 2 is 1.40 bits per heavy atom. The molecule has 3 heteroatoms. The fourth-order valence-corrected chi connectivity index (χ4v) is 22.3. The first-order valence-electron chi connectivity index (χ1n) is 13.6. The second-order valence-corrected chi connectivity index (χ2v) is 29.8. The van der Waals surface area contributed by atoms with Gasteiger partial charge in [0, 0.05) is 0 Å². The van der Waals surface area contributed by atoms with Crippen LogP contribution in [0.1, 0.15) is 105 Å². The maximum atomic E-state index is 7.03. The predicted octanol–water partition coefficient (Wildman–Crippen LogP) is 9.97. The minimum absolute atomic E-state index is 0.0670. The van der Waals surface area contributed by atoms with Crippen LogP contribution in [-0.2, 0) is 4.43 Å². The molecular weight excluding hydrogens is 487 g/mol. The van der Waals surface area contributed by atoms with Crippen molar-refractivity contribution in [3.05, 3.63) is 12.2 Å². The van der Waals surface area contributed by atoms with E-state index in [4.69, 9.17) is 4.43 Å². The van der Waals surface area contributed by atoms with Gasteiger partial charge in [0.25, 0.3) is 0 Å². The van der Waals surface area contributed by atoms with Crippen LogP contribution in [0.5, 0.6) is 0 Å². The van der Waals surface area contributed by atoms with Crippen LogP contribution in [0.25, 0.3) is 0 Å². The summed E-state index contributed by atoms with van der Waals surface area (Å²) in [6.45, 7) is 16.7. The van der Waals surface area contributed by atoms with Gasteiger partial charge in [0.05, 0.1) is 0 Å². The molecule has 0 aromatic heterocycles. The van der Waals surface area contributed by atoms with E-state index in [2.05, 4.69) is 59.5 Å². The van der Waals surface area contributed by atoms with E-state index in [1.54, 1.807) is 13.3 Å². The van der Waals surface area contributed by atoms with Crippen molar-refractivity contribution < 1.29 is 4.43 Å². The van der Waals surface area contributed by atoms with E-state index in [9.17, 15) is 0 Å². The molecule has 30 heavy (non-hydrogen) atoms. The molecule has 1 aliphatic carbocycles. The molecule has 1 nitrogen and oxygen atoms in total. The monoisotopic (exact) mass is 544 g/mol. The Morgan fingerprint density at radius 1 is 0.867 bits per heavy atom. The van der Waals surface area contributed by atoms with Crippen LogP contribution >= 0.6 is 0 Å². The fourth-order valence-electron chi connectivity index (χ4n) is 5.72. The molecule has 1 fully saturated rings. The average Bonchev–Trinajstić information content (AvgIpc) is 3.07. The van der Waals surface area contributed by atoms with Gasteiger partial charge in [0.1, 0.15) is 0 Å². The van der Waals surface area contributed by atoms with Crippen molar-refractivity contribution in [1.29, 1.82) is 0 Å². The summed E-state index contributed by atoms with van der Waals surface area (Å²) < 4.78 is 13.4. The average molecular weight is 544 g/mol. The summed E-state index contributed by atoms with van der Waals surface area (Å²) in [7, 11) is -1.57. The fraction of sp³-hybridized carbons (Fsp3) is 0.926. The van der Waals surface area contributed by atoms with Gasteiger partial charge in [0.15, 0.2) is 0 Å². The molecule has 0 aromatic rings. The van der Waals surface area contributed by atoms with Crippen molar-refractivity contribution in [1.82, 2.24) is 0 Å². The van der Waals surface area contributed by atoms with Gasteiger partial charge in [-0.05, 0) is 0 Å². The summed E-state index contributed by atoms with van der Waals surface area (Å²) in [6, 6.07) is 0.